The Morgan fingerprint density at radius 2 is 0.557 bits per heavy atom. The smallest absolute Gasteiger partial charge is 0.147 e. The van der Waals surface area contributed by atoms with E-state index >= 15 is 0 Å². The molecule has 0 aromatic heterocycles. The summed E-state index contributed by atoms with van der Waals surface area (Å²) in [4.78, 5) is 0. The number of anilines is 2. The first kappa shape index (κ1) is 48.3. The fourth-order valence-corrected chi connectivity index (χ4v) is 23.4. The van der Waals surface area contributed by atoms with Gasteiger partial charge < -0.3 is 0 Å². The van der Waals surface area contributed by atoms with E-state index in [1.54, 1.807) is 0 Å². The molecule has 352 valence electrons. The van der Waals surface area contributed by atoms with Gasteiger partial charge in [-0.1, -0.05) is 168 Å². The largest absolute Gasteiger partial charge is 0.284 e. The quantitative estimate of drug-likeness (QED) is 0.113. The van der Waals surface area contributed by atoms with E-state index in [9.17, 15) is 0 Å². The van der Waals surface area contributed by atoms with E-state index in [1.807, 2.05) is 0 Å². The summed E-state index contributed by atoms with van der Waals surface area (Å²) in [5, 5.41) is 0. The minimum Gasteiger partial charge on any atom is -0.284 e. The van der Waals surface area contributed by atoms with Crippen LogP contribution in [0.25, 0.3) is 44.5 Å². The van der Waals surface area contributed by atoms with Crippen molar-refractivity contribution in [1.82, 2.24) is 0 Å². The molecular weight excluding hydrogens is 923 g/mol. The maximum atomic E-state index is 2.98. The number of hydrogen-bond donors (Lipinski definition) is 0. The van der Waals surface area contributed by atoms with Crippen LogP contribution in [-0.2, 0) is 11.5 Å². The molecule has 0 amide bonds. The molecule has 1 saturated heterocycles. The predicted octanol–water partition coefficient (Wildman–Crippen LogP) is 20.0. The first-order valence-corrected chi connectivity index (χ1v) is 29.0. The summed E-state index contributed by atoms with van der Waals surface area (Å²) in [6, 6.07) is 55.7. The molecule has 2 bridgehead atoms. The van der Waals surface area contributed by atoms with E-state index in [0.717, 1.165) is 11.5 Å². The van der Waals surface area contributed by atoms with Crippen LogP contribution >= 0.6 is 40.0 Å². The molecule has 0 aliphatic carbocycles. The number of benzene rings is 8. The maximum absolute atomic E-state index is 2.98. The standard InChI is InChI=1S/C64H64N2P2S2/c1-39-29-43(5)57(44(6)30-39)53-25-19-26-54(58-45(7)31-40(2)32-46(58)8)61(53)65-67-63(69-37-51-21-15-13-16-22-51)64(70-38-52-23-17-14-18-24-52)68(65)66(67)62-55(59-47(9)33-41(3)34-48(59)10)27-20-28-56(62)60-49(11)35-42(4)36-50(60)12/h13-36H,37-38H2,1-12H3. The molecule has 8 aromatic rings. The summed E-state index contributed by atoms with van der Waals surface area (Å²) in [6.07, 6.45) is 0. The van der Waals surface area contributed by atoms with E-state index in [-0.39, 0.29) is 0 Å². The van der Waals surface area contributed by atoms with Crippen LogP contribution in [0.2, 0.25) is 0 Å². The molecule has 3 aliphatic rings. The molecule has 6 heteroatoms. The van der Waals surface area contributed by atoms with Gasteiger partial charge >= 0.3 is 0 Å². The number of para-hydroxylation sites is 2. The van der Waals surface area contributed by atoms with Gasteiger partial charge in [-0.05, 0) is 161 Å². The molecular formula is C64H64N2P2S2. The molecule has 0 saturated carbocycles. The molecule has 2 nitrogen and oxygen atoms in total. The number of nitrogens with zero attached hydrogens (tertiary/aromatic N) is 2. The van der Waals surface area contributed by atoms with E-state index in [4.69, 9.17) is 0 Å². The van der Waals surface area contributed by atoms with Crippen LogP contribution in [-0.4, -0.2) is 0 Å². The highest BCUT2D eigenvalue weighted by Crippen LogP contribution is 2.95. The normalized spacial score (nSPS) is 15.3. The molecule has 0 atom stereocenters. The third kappa shape index (κ3) is 8.79. The highest BCUT2D eigenvalue weighted by atomic mass is 32.2. The minimum absolute atomic E-state index is 0.914. The molecule has 0 N–H and O–H groups in total. The number of thioether (sulfide) groups is 2. The molecule has 0 radical (unpaired) electrons. The van der Waals surface area contributed by atoms with Gasteiger partial charge in [0.1, 0.15) is 16.4 Å². The topological polar surface area (TPSA) is 6.48 Å². The maximum Gasteiger partial charge on any atom is 0.147 e. The van der Waals surface area contributed by atoms with Crippen molar-refractivity contribution in [2.45, 2.75) is 94.6 Å². The van der Waals surface area contributed by atoms with Gasteiger partial charge in [-0.2, -0.15) is 0 Å². The molecule has 8 aromatic carbocycles. The van der Waals surface area contributed by atoms with Gasteiger partial charge in [0.05, 0.1) is 20.7 Å². The van der Waals surface area contributed by atoms with Crippen molar-refractivity contribution in [1.29, 1.82) is 0 Å². The van der Waals surface area contributed by atoms with Gasteiger partial charge in [-0.3, -0.25) is 8.88 Å². The van der Waals surface area contributed by atoms with Gasteiger partial charge in [0.25, 0.3) is 0 Å². The third-order valence-electron chi connectivity index (χ3n) is 14.0. The summed E-state index contributed by atoms with van der Waals surface area (Å²) in [7, 11) is -2.18. The molecule has 11 rings (SSSR count). The van der Waals surface area contributed by atoms with Crippen LogP contribution in [0, 0.1) is 83.1 Å². The minimum atomic E-state index is -1.09. The summed E-state index contributed by atoms with van der Waals surface area (Å²) in [5.41, 5.74) is 32.0. The second-order valence-corrected chi connectivity index (χ2v) is 26.7. The highest BCUT2D eigenvalue weighted by molar-refractivity contribution is 8.24. The van der Waals surface area contributed by atoms with Crippen LogP contribution in [0.15, 0.2) is 155 Å². The fraction of sp³-hybridized carbons (Fsp3) is 0.219. The zero-order valence-corrected chi connectivity index (χ0v) is 46.3. The summed E-state index contributed by atoms with van der Waals surface area (Å²) in [6.45, 7) is 27.5. The Bertz CT molecular complexity index is 2900. The van der Waals surface area contributed by atoms with Crippen molar-refractivity contribution in [2.75, 3.05) is 8.88 Å². The van der Waals surface area contributed by atoms with Crippen molar-refractivity contribution in [3.8, 4) is 44.5 Å². The fourth-order valence-electron chi connectivity index (χ4n) is 11.6. The zero-order chi connectivity index (χ0) is 49.1. The second-order valence-electron chi connectivity index (χ2n) is 19.8. The first-order valence-electron chi connectivity index (χ1n) is 24.6. The molecule has 3 aliphatic heterocycles. The Balaban J connectivity index is 1.30. The first-order chi connectivity index (χ1) is 33.7. The number of rotatable bonds is 12. The predicted molar refractivity (Wildman–Crippen MR) is 313 cm³/mol. The Morgan fingerprint density at radius 3 is 0.800 bits per heavy atom. The SMILES string of the molecule is Cc1cc(C)c(-c2cccc(-c3c(C)cc(C)cc3C)c2N2P3C(SCc4ccccc4)=C(SCc4ccccc4)P2N3c2c(-c3c(C)cc(C)cc3C)cccc2-c2c(C)cc(C)cc2C)c(C)c1. The van der Waals surface area contributed by atoms with Crippen LogP contribution in [0.5, 0.6) is 0 Å². The van der Waals surface area contributed by atoms with Gasteiger partial charge in [0.15, 0.2) is 0 Å². The van der Waals surface area contributed by atoms with E-state index in [2.05, 4.69) is 261 Å². The Kier molecular flexibility index (Phi) is 13.6. The molecule has 0 spiro atoms. The van der Waals surface area contributed by atoms with Crippen molar-refractivity contribution in [2.24, 2.45) is 0 Å². The molecule has 70 heavy (non-hydrogen) atoms. The van der Waals surface area contributed by atoms with Gasteiger partial charge in [0, 0.05) is 33.8 Å². The van der Waals surface area contributed by atoms with Crippen LogP contribution < -0.4 is 8.88 Å². The summed E-state index contributed by atoms with van der Waals surface area (Å²) < 4.78 is 9.05. The third-order valence-corrected chi connectivity index (χ3v) is 23.7. The molecule has 3 heterocycles. The second kappa shape index (κ2) is 19.7. The van der Waals surface area contributed by atoms with Crippen LogP contribution in [0.1, 0.15) is 77.9 Å². The van der Waals surface area contributed by atoms with Crippen molar-refractivity contribution in [3.63, 3.8) is 0 Å². The van der Waals surface area contributed by atoms with E-state index in [1.165, 1.54) is 143 Å². The average molecular weight is 987 g/mol. The lowest BCUT2D eigenvalue weighted by molar-refractivity contribution is 1.30. The highest BCUT2D eigenvalue weighted by Gasteiger charge is 2.61. The molecule has 0 unspecified atom stereocenters. The van der Waals surface area contributed by atoms with Crippen LogP contribution in [0.4, 0.5) is 11.4 Å². The van der Waals surface area contributed by atoms with Crippen LogP contribution in [0.3, 0.4) is 0 Å². The van der Waals surface area contributed by atoms with Crippen molar-refractivity contribution in [3.05, 3.63) is 233 Å². The zero-order valence-electron chi connectivity index (χ0n) is 42.9. The Labute approximate surface area is 429 Å². The van der Waals surface area contributed by atoms with E-state index in [0.29, 0.717) is 0 Å². The Morgan fingerprint density at radius 1 is 0.314 bits per heavy atom. The average Bonchev–Trinajstić information content (AvgIpc) is 3.79. The monoisotopic (exact) mass is 986 g/mol. The van der Waals surface area contributed by atoms with E-state index < -0.39 is 16.4 Å². The Hall–Kier alpha value is -5.34. The van der Waals surface area contributed by atoms with Gasteiger partial charge in [-0.25, -0.2) is 0 Å². The number of hydrogen-bond acceptors (Lipinski definition) is 4. The lowest BCUT2D eigenvalue weighted by Crippen LogP contribution is -2.34. The summed E-state index contributed by atoms with van der Waals surface area (Å²) >= 11 is 4.17. The van der Waals surface area contributed by atoms with Crippen molar-refractivity contribution >= 4 is 51.3 Å². The molecule has 1 fully saturated rings. The van der Waals surface area contributed by atoms with Gasteiger partial charge in [0.2, 0.25) is 0 Å². The summed E-state index contributed by atoms with van der Waals surface area (Å²) in [5.74, 6) is 1.83. The lowest BCUT2D eigenvalue weighted by atomic mass is 9.87. The lowest BCUT2D eigenvalue weighted by Gasteiger charge is -2.55. The number of aryl methyl sites for hydroxylation is 12. The van der Waals surface area contributed by atoms with Crippen molar-refractivity contribution < 1.29 is 0 Å². The van der Waals surface area contributed by atoms with Gasteiger partial charge in [-0.15, -0.1) is 23.5 Å².